The van der Waals surface area contributed by atoms with E-state index in [2.05, 4.69) is 6.92 Å². The Morgan fingerprint density at radius 2 is 2.11 bits per heavy atom. The number of benzene rings is 1. The van der Waals surface area contributed by atoms with E-state index in [-0.39, 0.29) is 5.97 Å². The van der Waals surface area contributed by atoms with Crippen LogP contribution in [0.15, 0.2) is 24.3 Å². The van der Waals surface area contributed by atoms with E-state index in [4.69, 9.17) is 15.2 Å². The molecule has 1 aromatic carbocycles. The van der Waals surface area contributed by atoms with E-state index in [1.54, 1.807) is 6.07 Å². The van der Waals surface area contributed by atoms with Crippen LogP contribution in [-0.2, 0) is 15.9 Å². The number of rotatable bonds is 9. The first-order valence-corrected chi connectivity index (χ1v) is 6.81. The van der Waals surface area contributed by atoms with Crippen LogP contribution in [0.5, 0.6) is 0 Å². The maximum atomic E-state index is 11.8. The first-order valence-electron chi connectivity index (χ1n) is 6.81. The van der Waals surface area contributed by atoms with Crippen molar-refractivity contribution in [1.82, 2.24) is 0 Å². The summed E-state index contributed by atoms with van der Waals surface area (Å²) in [7, 11) is 0. The fourth-order valence-corrected chi connectivity index (χ4v) is 1.65. The van der Waals surface area contributed by atoms with Crippen molar-refractivity contribution >= 4 is 5.97 Å². The van der Waals surface area contributed by atoms with Crippen molar-refractivity contribution in [2.75, 3.05) is 26.4 Å². The number of unbranched alkanes of at least 4 members (excludes halogenated alkanes) is 1. The standard InChI is InChI=1S/C15H23NO3/c1-2-3-9-18-10-11-19-15(17)14-6-4-5-13(12-14)7-8-16/h4-6,12H,2-3,7-11,16H2,1H3. The number of nitrogens with two attached hydrogens (primary N) is 1. The first kappa shape index (κ1) is 15.7. The summed E-state index contributed by atoms with van der Waals surface area (Å²) in [6, 6.07) is 7.38. The molecular weight excluding hydrogens is 242 g/mol. The molecule has 106 valence electrons. The van der Waals surface area contributed by atoms with E-state index in [0.717, 1.165) is 31.4 Å². The van der Waals surface area contributed by atoms with E-state index < -0.39 is 0 Å². The Labute approximate surface area is 114 Å². The first-order chi connectivity index (χ1) is 9.27. The molecule has 1 aromatic rings. The molecule has 0 radical (unpaired) electrons. The van der Waals surface area contributed by atoms with Crippen molar-refractivity contribution in [2.45, 2.75) is 26.2 Å². The van der Waals surface area contributed by atoms with Crippen LogP contribution in [0, 0.1) is 0 Å². The minimum atomic E-state index is -0.307. The zero-order valence-corrected chi connectivity index (χ0v) is 11.6. The summed E-state index contributed by atoms with van der Waals surface area (Å²) in [6.07, 6.45) is 2.91. The number of carbonyl (C=O) groups excluding carboxylic acids is 1. The molecule has 0 atom stereocenters. The number of hydrogen-bond donors (Lipinski definition) is 1. The minimum absolute atomic E-state index is 0.295. The highest BCUT2D eigenvalue weighted by atomic mass is 16.6. The zero-order valence-electron chi connectivity index (χ0n) is 11.6. The lowest BCUT2D eigenvalue weighted by Gasteiger charge is -2.07. The molecule has 0 saturated carbocycles. The van der Waals surface area contributed by atoms with E-state index in [9.17, 15) is 4.79 Å². The molecule has 0 fully saturated rings. The number of carbonyl (C=O) groups is 1. The quantitative estimate of drug-likeness (QED) is 0.549. The van der Waals surface area contributed by atoms with Gasteiger partial charge in [0.05, 0.1) is 12.2 Å². The van der Waals surface area contributed by atoms with Crippen LogP contribution in [0.25, 0.3) is 0 Å². The van der Waals surface area contributed by atoms with Crippen molar-refractivity contribution in [1.29, 1.82) is 0 Å². The minimum Gasteiger partial charge on any atom is -0.460 e. The lowest BCUT2D eigenvalue weighted by atomic mass is 10.1. The molecule has 4 nitrogen and oxygen atoms in total. The predicted molar refractivity (Wildman–Crippen MR) is 75.2 cm³/mol. The van der Waals surface area contributed by atoms with Gasteiger partial charge in [0, 0.05) is 6.61 Å². The van der Waals surface area contributed by atoms with Gasteiger partial charge in [-0.25, -0.2) is 4.79 Å². The maximum absolute atomic E-state index is 11.8. The Hall–Kier alpha value is -1.39. The summed E-state index contributed by atoms with van der Waals surface area (Å²) in [4.78, 5) is 11.8. The third-order valence-corrected chi connectivity index (χ3v) is 2.70. The van der Waals surface area contributed by atoms with Crippen molar-refractivity contribution < 1.29 is 14.3 Å². The van der Waals surface area contributed by atoms with E-state index in [0.29, 0.717) is 25.3 Å². The number of hydrogen-bond acceptors (Lipinski definition) is 4. The van der Waals surface area contributed by atoms with Gasteiger partial charge in [-0.2, -0.15) is 0 Å². The molecule has 4 heteroatoms. The lowest BCUT2D eigenvalue weighted by Crippen LogP contribution is -2.12. The second kappa shape index (κ2) is 9.53. The van der Waals surface area contributed by atoms with Crippen LogP contribution >= 0.6 is 0 Å². The largest absolute Gasteiger partial charge is 0.460 e. The summed E-state index contributed by atoms with van der Waals surface area (Å²) >= 11 is 0. The highest BCUT2D eigenvalue weighted by molar-refractivity contribution is 5.89. The molecular formula is C15H23NO3. The Balaban J connectivity index is 2.30. The molecule has 0 aliphatic carbocycles. The van der Waals surface area contributed by atoms with Gasteiger partial charge in [-0.05, 0) is 37.1 Å². The summed E-state index contributed by atoms with van der Waals surface area (Å²) in [5.74, 6) is -0.307. The summed E-state index contributed by atoms with van der Waals surface area (Å²) in [5.41, 5.74) is 7.11. The van der Waals surface area contributed by atoms with Gasteiger partial charge in [0.15, 0.2) is 0 Å². The van der Waals surface area contributed by atoms with Crippen molar-refractivity contribution in [3.05, 3.63) is 35.4 Å². The number of esters is 1. The third kappa shape index (κ3) is 6.36. The Kier molecular flexibility index (Phi) is 7.86. The van der Waals surface area contributed by atoms with Gasteiger partial charge >= 0.3 is 5.97 Å². The predicted octanol–water partition coefficient (Wildman–Crippen LogP) is 2.16. The van der Waals surface area contributed by atoms with Crippen LogP contribution in [-0.4, -0.2) is 32.3 Å². The van der Waals surface area contributed by atoms with Gasteiger partial charge in [-0.3, -0.25) is 0 Å². The maximum Gasteiger partial charge on any atom is 0.338 e. The monoisotopic (exact) mass is 265 g/mol. The molecule has 0 amide bonds. The summed E-state index contributed by atoms with van der Waals surface area (Å²) in [6.45, 7) is 4.15. The zero-order chi connectivity index (χ0) is 13.9. The molecule has 0 spiro atoms. The number of ether oxygens (including phenoxy) is 2. The molecule has 1 rings (SSSR count). The molecule has 19 heavy (non-hydrogen) atoms. The highest BCUT2D eigenvalue weighted by Crippen LogP contribution is 2.07. The molecule has 0 aliphatic heterocycles. The molecule has 0 heterocycles. The van der Waals surface area contributed by atoms with Crippen molar-refractivity contribution in [2.24, 2.45) is 5.73 Å². The average molecular weight is 265 g/mol. The van der Waals surface area contributed by atoms with Gasteiger partial charge in [-0.1, -0.05) is 25.5 Å². The smallest absolute Gasteiger partial charge is 0.338 e. The molecule has 0 saturated heterocycles. The topological polar surface area (TPSA) is 61.5 Å². The van der Waals surface area contributed by atoms with Gasteiger partial charge in [0.25, 0.3) is 0 Å². The highest BCUT2D eigenvalue weighted by Gasteiger charge is 2.07. The second-order valence-corrected chi connectivity index (χ2v) is 4.34. The summed E-state index contributed by atoms with van der Waals surface area (Å²) in [5, 5.41) is 0. The van der Waals surface area contributed by atoms with Gasteiger partial charge in [0.1, 0.15) is 6.61 Å². The van der Waals surface area contributed by atoms with Crippen molar-refractivity contribution in [3.63, 3.8) is 0 Å². The van der Waals surface area contributed by atoms with Crippen LogP contribution in [0.2, 0.25) is 0 Å². The fraction of sp³-hybridized carbons (Fsp3) is 0.533. The Morgan fingerprint density at radius 1 is 1.26 bits per heavy atom. The normalized spacial score (nSPS) is 10.4. The average Bonchev–Trinajstić information content (AvgIpc) is 2.43. The van der Waals surface area contributed by atoms with Gasteiger partial charge in [0.2, 0.25) is 0 Å². The summed E-state index contributed by atoms with van der Waals surface area (Å²) < 4.78 is 10.5. The van der Waals surface area contributed by atoms with Crippen LogP contribution in [0.4, 0.5) is 0 Å². The second-order valence-electron chi connectivity index (χ2n) is 4.34. The van der Waals surface area contributed by atoms with Crippen LogP contribution in [0.3, 0.4) is 0 Å². The molecule has 0 bridgehead atoms. The Bertz CT molecular complexity index is 379. The molecule has 0 unspecified atom stereocenters. The van der Waals surface area contributed by atoms with Crippen molar-refractivity contribution in [3.8, 4) is 0 Å². The lowest BCUT2D eigenvalue weighted by molar-refractivity contribution is 0.0313. The van der Waals surface area contributed by atoms with Crippen LogP contribution < -0.4 is 5.73 Å². The van der Waals surface area contributed by atoms with Crippen LogP contribution in [0.1, 0.15) is 35.7 Å². The Morgan fingerprint density at radius 3 is 2.84 bits per heavy atom. The third-order valence-electron chi connectivity index (χ3n) is 2.70. The molecule has 0 aliphatic rings. The van der Waals surface area contributed by atoms with E-state index in [1.165, 1.54) is 0 Å². The molecule has 0 aromatic heterocycles. The van der Waals surface area contributed by atoms with Gasteiger partial charge < -0.3 is 15.2 Å². The SMILES string of the molecule is CCCCOCCOC(=O)c1cccc(CCN)c1. The van der Waals surface area contributed by atoms with E-state index >= 15 is 0 Å². The van der Waals surface area contributed by atoms with E-state index in [1.807, 2.05) is 18.2 Å². The van der Waals surface area contributed by atoms with Gasteiger partial charge in [-0.15, -0.1) is 0 Å². The fourth-order valence-electron chi connectivity index (χ4n) is 1.65. The molecule has 2 N–H and O–H groups in total.